The van der Waals surface area contributed by atoms with Gasteiger partial charge in [-0.3, -0.25) is 15.0 Å². The van der Waals surface area contributed by atoms with Gasteiger partial charge >= 0.3 is 0 Å². The summed E-state index contributed by atoms with van der Waals surface area (Å²) in [5, 5.41) is 0.985. The first-order valence-electron chi connectivity index (χ1n) is 7.47. The summed E-state index contributed by atoms with van der Waals surface area (Å²) in [7, 11) is 1.52. The van der Waals surface area contributed by atoms with Crippen molar-refractivity contribution >= 4 is 46.2 Å². The van der Waals surface area contributed by atoms with Crippen molar-refractivity contribution in [2.45, 2.75) is 0 Å². The van der Waals surface area contributed by atoms with E-state index < -0.39 is 17.6 Å². The van der Waals surface area contributed by atoms with Crippen molar-refractivity contribution in [3.63, 3.8) is 0 Å². The number of hydrazine groups is 1. The topological polar surface area (TPSA) is 58.6 Å². The molecule has 0 bridgehead atoms. The molecule has 0 atom stereocenters. The maximum absolute atomic E-state index is 13.8. The molecule has 0 aliphatic carbocycles. The number of hydrogen-bond donors (Lipinski definition) is 1. The summed E-state index contributed by atoms with van der Waals surface area (Å²) >= 11 is 6.15. The Bertz CT molecular complexity index is 913. The molecule has 26 heavy (non-hydrogen) atoms. The van der Waals surface area contributed by atoms with Crippen molar-refractivity contribution in [1.82, 2.24) is 10.4 Å². The summed E-state index contributed by atoms with van der Waals surface area (Å²) in [6, 6.07) is 12.5. The van der Waals surface area contributed by atoms with Crippen LogP contribution in [-0.4, -0.2) is 28.3 Å². The number of carbonyl (C=O) groups excluding carboxylic acids is 2. The highest BCUT2D eigenvalue weighted by atomic mass is 32.2. The van der Waals surface area contributed by atoms with Gasteiger partial charge in [0.25, 0.3) is 11.8 Å². The van der Waals surface area contributed by atoms with Crippen LogP contribution in [0.5, 0.6) is 5.75 Å². The normalized spacial score (nSPS) is 15.5. The lowest BCUT2D eigenvalue weighted by atomic mass is 10.2. The van der Waals surface area contributed by atoms with Crippen molar-refractivity contribution < 1.29 is 18.7 Å². The first kappa shape index (κ1) is 18.1. The molecule has 3 rings (SSSR count). The standard InChI is InChI=1S/C18H13FN2O3S2/c1-24-13-8-6-11(7-9-13)16(22)20-21-17(23)15(26-18(21)25)10-12-4-2-3-5-14(12)19/h2-10H,1H3,(H,20,22)/b15-10+. The number of rotatable bonds is 4. The molecule has 1 saturated heterocycles. The Morgan fingerprint density at radius 1 is 1.23 bits per heavy atom. The van der Waals surface area contributed by atoms with Crippen molar-refractivity contribution in [3.05, 3.63) is 70.4 Å². The number of thioether (sulfide) groups is 1. The van der Waals surface area contributed by atoms with E-state index in [9.17, 15) is 14.0 Å². The van der Waals surface area contributed by atoms with Gasteiger partial charge in [-0.1, -0.05) is 30.0 Å². The van der Waals surface area contributed by atoms with E-state index in [2.05, 4.69) is 5.43 Å². The van der Waals surface area contributed by atoms with Gasteiger partial charge < -0.3 is 4.74 Å². The highest BCUT2D eigenvalue weighted by Gasteiger charge is 2.34. The van der Waals surface area contributed by atoms with E-state index in [4.69, 9.17) is 17.0 Å². The van der Waals surface area contributed by atoms with Gasteiger partial charge in [0.05, 0.1) is 12.0 Å². The predicted molar refractivity (Wildman–Crippen MR) is 102 cm³/mol. The van der Waals surface area contributed by atoms with Crippen LogP contribution in [0.15, 0.2) is 53.4 Å². The van der Waals surface area contributed by atoms with Gasteiger partial charge in [-0.05, 0) is 48.6 Å². The summed E-state index contributed by atoms with van der Waals surface area (Å²) in [6.07, 6.45) is 1.41. The molecule has 2 amide bonds. The second-order valence-corrected chi connectivity index (χ2v) is 6.88. The molecule has 1 N–H and O–H groups in total. The van der Waals surface area contributed by atoms with Crippen molar-refractivity contribution in [2.24, 2.45) is 0 Å². The van der Waals surface area contributed by atoms with Gasteiger partial charge in [-0.25, -0.2) is 4.39 Å². The number of nitrogens with zero attached hydrogens (tertiary/aromatic N) is 1. The zero-order valence-corrected chi connectivity index (χ0v) is 15.2. The molecule has 0 aromatic heterocycles. The number of carbonyl (C=O) groups is 2. The molecule has 5 nitrogen and oxygen atoms in total. The van der Waals surface area contributed by atoms with Crippen molar-refractivity contribution in [1.29, 1.82) is 0 Å². The molecule has 0 saturated carbocycles. The Labute approximate surface area is 158 Å². The van der Waals surface area contributed by atoms with Gasteiger partial charge in [0, 0.05) is 11.1 Å². The second kappa shape index (κ2) is 7.67. The zero-order chi connectivity index (χ0) is 18.7. The van der Waals surface area contributed by atoms with Crippen LogP contribution in [-0.2, 0) is 4.79 Å². The summed E-state index contributed by atoms with van der Waals surface area (Å²) < 4.78 is 19.0. The van der Waals surface area contributed by atoms with E-state index in [1.807, 2.05) is 0 Å². The molecule has 2 aromatic rings. The fourth-order valence-corrected chi connectivity index (χ4v) is 3.38. The number of methoxy groups -OCH3 is 1. The highest BCUT2D eigenvalue weighted by molar-refractivity contribution is 8.26. The molecule has 2 aromatic carbocycles. The minimum atomic E-state index is -0.509. The molecule has 1 aliphatic heterocycles. The third-order valence-corrected chi connectivity index (χ3v) is 4.85. The third-order valence-electron chi connectivity index (χ3n) is 3.55. The molecule has 0 unspecified atom stereocenters. The molecule has 8 heteroatoms. The van der Waals surface area contributed by atoms with Crippen molar-refractivity contribution in [3.8, 4) is 5.75 Å². The smallest absolute Gasteiger partial charge is 0.285 e. The van der Waals surface area contributed by atoms with Gasteiger partial charge in [0.2, 0.25) is 0 Å². The molecule has 1 heterocycles. The molecular weight excluding hydrogens is 375 g/mol. The Morgan fingerprint density at radius 2 is 1.92 bits per heavy atom. The van der Waals surface area contributed by atoms with Gasteiger partial charge in [0.15, 0.2) is 4.32 Å². The molecule has 0 radical (unpaired) electrons. The first-order chi connectivity index (χ1) is 12.5. The lowest BCUT2D eigenvalue weighted by molar-refractivity contribution is -0.123. The highest BCUT2D eigenvalue weighted by Crippen LogP contribution is 2.31. The molecule has 132 valence electrons. The lowest BCUT2D eigenvalue weighted by Gasteiger charge is -2.15. The monoisotopic (exact) mass is 388 g/mol. The Hall–Kier alpha value is -2.71. The number of ether oxygens (including phenoxy) is 1. The van der Waals surface area contributed by atoms with Crippen LogP contribution in [0.1, 0.15) is 15.9 Å². The Morgan fingerprint density at radius 3 is 2.58 bits per heavy atom. The zero-order valence-electron chi connectivity index (χ0n) is 13.6. The van der Waals surface area contributed by atoms with Crippen LogP contribution < -0.4 is 10.2 Å². The number of halogens is 1. The SMILES string of the molecule is COc1ccc(C(=O)NN2C(=O)/C(=C\c3ccccc3F)SC2=S)cc1. The molecule has 1 aliphatic rings. The van der Waals surface area contributed by atoms with E-state index in [1.165, 1.54) is 19.3 Å². The van der Waals surface area contributed by atoms with E-state index in [0.717, 1.165) is 16.8 Å². The minimum Gasteiger partial charge on any atom is -0.497 e. The largest absolute Gasteiger partial charge is 0.497 e. The maximum atomic E-state index is 13.8. The van der Waals surface area contributed by atoms with Crippen LogP contribution in [0.3, 0.4) is 0 Å². The molecule has 1 fully saturated rings. The predicted octanol–water partition coefficient (Wildman–Crippen LogP) is 3.38. The van der Waals surface area contributed by atoms with Crippen LogP contribution >= 0.6 is 24.0 Å². The van der Waals surface area contributed by atoms with Gasteiger partial charge in [-0.15, -0.1) is 0 Å². The first-order valence-corrected chi connectivity index (χ1v) is 8.69. The van der Waals surface area contributed by atoms with Crippen molar-refractivity contribution in [2.75, 3.05) is 7.11 Å². The second-order valence-electron chi connectivity index (χ2n) is 5.21. The van der Waals surface area contributed by atoms with E-state index in [0.29, 0.717) is 11.3 Å². The molecular formula is C18H13FN2O3S2. The van der Waals surface area contributed by atoms with E-state index in [-0.39, 0.29) is 14.8 Å². The average Bonchev–Trinajstić information content (AvgIpc) is 2.91. The Balaban J connectivity index is 1.76. The minimum absolute atomic E-state index is 0.166. The van der Waals surface area contributed by atoms with Gasteiger partial charge in [-0.2, -0.15) is 5.01 Å². The summed E-state index contributed by atoms with van der Waals surface area (Å²) in [4.78, 5) is 25.0. The van der Waals surface area contributed by atoms with Crippen LogP contribution in [0.2, 0.25) is 0 Å². The third kappa shape index (κ3) is 3.76. The number of amides is 2. The van der Waals surface area contributed by atoms with Gasteiger partial charge in [0.1, 0.15) is 11.6 Å². The van der Waals surface area contributed by atoms with Crippen LogP contribution in [0, 0.1) is 5.82 Å². The fraction of sp³-hybridized carbons (Fsp3) is 0.0556. The quantitative estimate of drug-likeness (QED) is 0.643. The van der Waals surface area contributed by atoms with E-state index in [1.54, 1.807) is 42.5 Å². The Kier molecular flexibility index (Phi) is 5.34. The molecule has 0 spiro atoms. The van der Waals surface area contributed by atoms with Crippen LogP contribution in [0.4, 0.5) is 4.39 Å². The lowest BCUT2D eigenvalue weighted by Crippen LogP contribution is -2.44. The van der Waals surface area contributed by atoms with E-state index >= 15 is 0 Å². The number of benzene rings is 2. The number of hydrogen-bond acceptors (Lipinski definition) is 5. The fourth-order valence-electron chi connectivity index (χ4n) is 2.21. The maximum Gasteiger partial charge on any atom is 0.285 e. The van der Waals surface area contributed by atoms with Crippen LogP contribution in [0.25, 0.3) is 6.08 Å². The number of thiocarbonyl (C=S) groups is 1. The summed E-state index contributed by atoms with van der Waals surface area (Å²) in [5.41, 5.74) is 3.09. The summed E-state index contributed by atoms with van der Waals surface area (Å²) in [5.74, 6) is -0.832. The number of nitrogens with one attached hydrogen (secondary N) is 1. The summed E-state index contributed by atoms with van der Waals surface area (Å²) in [6.45, 7) is 0. The average molecular weight is 388 g/mol.